The number of benzene rings is 4. The van der Waals surface area contributed by atoms with Crippen molar-refractivity contribution < 1.29 is 30.8 Å². The summed E-state index contributed by atoms with van der Waals surface area (Å²) in [5.74, 6) is 0.618. The van der Waals surface area contributed by atoms with Crippen molar-refractivity contribution in [1.82, 2.24) is 5.32 Å². The largest absolute Gasteiger partial charge is 0.543 e. The zero-order valence-corrected chi connectivity index (χ0v) is 26.1. The molecule has 4 aromatic carbocycles. The Morgan fingerprint density at radius 1 is 0.767 bits per heavy atom. The van der Waals surface area contributed by atoms with Crippen molar-refractivity contribution in [2.75, 3.05) is 5.32 Å². The number of thiocarbonyl (C=S) groups is 1. The second kappa shape index (κ2) is 11.8. The molecule has 1 atom stereocenters. The van der Waals surface area contributed by atoms with E-state index >= 15 is 0 Å². The number of fused-ring (bicyclic) bond motifs is 1. The molecule has 0 heterocycles. The first-order valence-electron chi connectivity index (χ1n) is 13.5. The third-order valence-electron chi connectivity index (χ3n) is 7.64. The van der Waals surface area contributed by atoms with Crippen LogP contribution in [-0.4, -0.2) is 13.4 Å². The molecular weight excluding hydrogens is 603 g/mol. The van der Waals surface area contributed by atoms with Gasteiger partial charge in [-0.15, -0.1) is 0 Å². The molecule has 11 heteroatoms. The van der Waals surface area contributed by atoms with Crippen LogP contribution in [0.5, 0.6) is 5.75 Å². The van der Waals surface area contributed by atoms with Crippen LogP contribution in [0.15, 0.2) is 84.9 Å². The third kappa shape index (κ3) is 7.50. The minimum absolute atomic E-state index is 0.0784. The second-order valence-corrected chi connectivity index (χ2v) is 16.9. The summed E-state index contributed by atoms with van der Waals surface area (Å²) < 4.78 is 87.7. The van der Waals surface area contributed by atoms with E-state index in [0.717, 1.165) is 21.9 Å². The fraction of sp³-hybridized carbons (Fsp3) is 0.281. The first-order valence-corrected chi connectivity index (χ1v) is 16.8. The highest BCUT2D eigenvalue weighted by molar-refractivity contribution is 7.80. The standard InChI is InChI=1S/C32H32F6N2OSSi/c1-30(2,3)43(4,5)41-26-16-15-20-11-9-10-14-25(20)27(26)28(21-12-7-6-8-13-21)40-29(42)39-24-18-22(31(33,34)35)17-23(19-24)32(36,37)38/h6-19,28H,1-5H3,(H2,39,40,42)/t28-/m1/s1. The number of alkyl halides is 6. The van der Waals surface area contributed by atoms with Gasteiger partial charge in [-0.05, 0) is 71.0 Å². The van der Waals surface area contributed by atoms with Crippen LogP contribution >= 0.6 is 12.2 Å². The summed E-state index contributed by atoms with van der Waals surface area (Å²) >= 11 is 5.50. The van der Waals surface area contributed by atoms with E-state index in [-0.39, 0.29) is 16.2 Å². The van der Waals surface area contributed by atoms with E-state index in [9.17, 15) is 26.3 Å². The van der Waals surface area contributed by atoms with Crippen LogP contribution < -0.4 is 15.1 Å². The maximum Gasteiger partial charge on any atom is 0.416 e. The van der Waals surface area contributed by atoms with Crippen LogP contribution in [0.4, 0.5) is 32.0 Å². The third-order valence-corrected chi connectivity index (χ3v) is 12.2. The molecule has 0 fully saturated rings. The average Bonchev–Trinajstić information content (AvgIpc) is 2.90. The second-order valence-electron chi connectivity index (χ2n) is 11.8. The lowest BCUT2D eigenvalue weighted by atomic mass is 9.93. The molecule has 0 radical (unpaired) electrons. The van der Waals surface area contributed by atoms with E-state index in [4.69, 9.17) is 16.6 Å². The van der Waals surface area contributed by atoms with Crippen LogP contribution in [0.25, 0.3) is 10.8 Å². The molecule has 4 rings (SSSR count). The number of halogens is 6. The van der Waals surface area contributed by atoms with Gasteiger partial charge in [0.05, 0.1) is 17.2 Å². The summed E-state index contributed by atoms with van der Waals surface area (Å²) in [6, 6.07) is 21.4. The predicted octanol–water partition coefficient (Wildman–Crippen LogP) is 10.3. The quantitative estimate of drug-likeness (QED) is 0.126. The van der Waals surface area contributed by atoms with E-state index in [1.807, 2.05) is 66.7 Å². The van der Waals surface area contributed by atoms with Gasteiger partial charge >= 0.3 is 12.4 Å². The summed E-state index contributed by atoms with van der Waals surface area (Å²) in [6.07, 6.45) is -9.98. The molecular formula is C32H32F6N2OSSi. The van der Waals surface area contributed by atoms with Crippen LogP contribution in [0, 0.1) is 0 Å². The normalized spacial score (nSPS) is 13.5. The summed E-state index contributed by atoms with van der Waals surface area (Å²) in [7, 11) is -2.35. The van der Waals surface area contributed by atoms with Crippen molar-refractivity contribution in [3.63, 3.8) is 0 Å². The highest BCUT2D eigenvalue weighted by Gasteiger charge is 2.40. The number of rotatable bonds is 6. The summed E-state index contributed by atoms with van der Waals surface area (Å²) in [6.45, 7) is 10.6. The number of nitrogens with one attached hydrogen (secondary N) is 2. The molecule has 4 aromatic rings. The van der Waals surface area contributed by atoms with Gasteiger partial charge in [0.1, 0.15) is 5.75 Å². The van der Waals surface area contributed by atoms with Crippen molar-refractivity contribution in [2.45, 2.75) is 57.3 Å². The molecule has 0 aliphatic heterocycles. The fourth-order valence-electron chi connectivity index (χ4n) is 4.38. The maximum atomic E-state index is 13.5. The Hall–Kier alpha value is -3.57. The lowest BCUT2D eigenvalue weighted by Gasteiger charge is -2.38. The van der Waals surface area contributed by atoms with Gasteiger partial charge in [-0.2, -0.15) is 26.3 Å². The molecule has 0 aliphatic carbocycles. The highest BCUT2D eigenvalue weighted by Crippen LogP contribution is 2.43. The van der Waals surface area contributed by atoms with E-state index in [1.54, 1.807) is 0 Å². The van der Waals surface area contributed by atoms with Crippen molar-refractivity contribution in [3.8, 4) is 5.75 Å². The van der Waals surface area contributed by atoms with E-state index in [1.165, 1.54) is 0 Å². The Labute approximate surface area is 253 Å². The minimum Gasteiger partial charge on any atom is -0.543 e. The number of anilines is 1. The van der Waals surface area contributed by atoms with Gasteiger partial charge in [0.15, 0.2) is 5.11 Å². The first kappa shape index (κ1) is 32.3. The summed E-state index contributed by atoms with van der Waals surface area (Å²) in [5, 5.41) is 7.24. The molecule has 0 unspecified atom stereocenters. The summed E-state index contributed by atoms with van der Waals surface area (Å²) in [5.41, 5.74) is -1.80. The van der Waals surface area contributed by atoms with Crippen LogP contribution in [0.2, 0.25) is 18.1 Å². The van der Waals surface area contributed by atoms with E-state index < -0.39 is 43.5 Å². The summed E-state index contributed by atoms with van der Waals surface area (Å²) in [4.78, 5) is 0. The van der Waals surface area contributed by atoms with Gasteiger partial charge in [-0.1, -0.05) is 81.4 Å². The molecule has 0 amide bonds. The van der Waals surface area contributed by atoms with Crippen LogP contribution in [0.1, 0.15) is 49.1 Å². The molecule has 0 saturated heterocycles. The Morgan fingerprint density at radius 3 is 1.88 bits per heavy atom. The zero-order valence-electron chi connectivity index (χ0n) is 24.2. The van der Waals surface area contributed by atoms with Crippen molar-refractivity contribution in [3.05, 3.63) is 107 Å². The topological polar surface area (TPSA) is 33.3 Å². The van der Waals surface area contributed by atoms with Gasteiger partial charge in [0.2, 0.25) is 8.32 Å². The Kier molecular flexibility index (Phi) is 8.91. The lowest BCUT2D eigenvalue weighted by molar-refractivity contribution is -0.143. The molecule has 2 N–H and O–H groups in total. The highest BCUT2D eigenvalue weighted by atomic mass is 32.1. The van der Waals surface area contributed by atoms with Gasteiger partial charge in [0, 0.05) is 11.3 Å². The van der Waals surface area contributed by atoms with Gasteiger partial charge in [-0.25, -0.2) is 0 Å². The fourth-order valence-corrected chi connectivity index (χ4v) is 5.65. The van der Waals surface area contributed by atoms with Gasteiger partial charge in [-0.3, -0.25) is 0 Å². The Morgan fingerprint density at radius 2 is 1.33 bits per heavy atom. The minimum atomic E-state index is -4.99. The SMILES string of the molecule is CC(C)(C)[Si](C)(C)Oc1ccc2ccccc2c1[C@H](NC(=S)Nc1cc(C(F)(F)F)cc(C(F)(F)F)c1)c1ccccc1. The van der Waals surface area contributed by atoms with Crippen molar-refractivity contribution >= 4 is 42.1 Å². The van der Waals surface area contributed by atoms with Crippen molar-refractivity contribution in [2.24, 2.45) is 0 Å². The number of hydrogen-bond acceptors (Lipinski definition) is 2. The van der Waals surface area contributed by atoms with E-state index in [2.05, 4.69) is 44.5 Å². The van der Waals surface area contributed by atoms with Crippen molar-refractivity contribution in [1.29, 1.82) is 0 Å². The van der Waals surface area contributed by atoms with E-state index in [0.29, 0.717) is 17.9 Å². The predicted molar refractivity (Wildman–Crippen MR) is 166 cm³/mol. The molecule has 0 aliphatic rings. The van der Waals surface area contributed by atoms with Crippen LogP contribution in [-0.2, 0) is 12.4 Å². The zero-order chi connectivity index (χ0) is 31.8. The maximum absolute atomic E-state index is 13.5. The molecule has 0 bridgehead atoms. The molecule has 0 saturated carbocycles. The molecule has 228 valence electrons. The van der Waals surface area contributed by atoms with Gasteiger partial charge in [0.25, 0.3) is 0 Å². The molecule has 43 heavy (non-hydrogen) atoms. The smallest absolute Gasteiger partial charge is 0.416 e. The first-order chi connectivity index (χ1) is 19.9. The molecule has 3 nitrogen and oxygen atoms in total. The van der Waals surface area contributed by atoms with Crippen LogP contribution in [0.3, 0.4) is 0 Å². The Balaban J connectivity index is 1.82. The average molecular weight is 635 g/mol. The Bertz CT molecular complexity index is 1580. The van der Waals surface area contributed by atoms with Gasteiger partial charge < -0.3 is 15.1 Å². The molecule has 0 spiro atoms. The molecule has 0 aromatic heterocycles. The lowest BCUT2D eigenvalue weighted by Crippen LogP contribution is -2.44. The number of hydrogen-bond donors (Lipinski definition) is 2. The monoisotopic (exact) mass is 634 g/mol.